The van der Waals surface area contributed by atoms with Gasteiger partial charge in [0.25, 0.3) is 5.56 Å². The topological polar surface area (TPSA) is 121 Å². The van der Waals surface area contributed by atoms with Crippen LogP contribution in [-0.4, -0.2) is 28.7 Å². The van der Waals surface area contributed by atoms with Crippen molar-refractivity contribution in [2.45, 2.75) is 18.1 Å². The fourth-order valence-corrected chi connectivity index (χ4v) is 3.28. The van der Waals surface area contributed by atoms with Crippen LogP contribution in [0, 0.1) is 11.3 Å². The molecule has 9 heteroatoms. The number of thioether (sulfide) groups is 1. The van der Waals surface area contributed by atoms with Crippen LogP contribution in [0.15, 0.2) is 57.0 Å². The van der Waals surface area contributed by atoms with E-state index in [1.807, 2.05) is 13.0 Å². The number of hydrogen-bond acceptors (Lipinski definition) is 7. The minimum Gasteiger partial charge on any atom is -0.497 e. The summed E-state index contributed by atoms with van der Waals surface area (Å²) in [4.78, 5) is 31.4. The van der Waals surface area contributed by atoms with Crippen LogP contribution in [0.25, 0.3) is 11.3 Å². The van der Waals surface area contributed by atoms with Crippen molar-refractivity contribution in [3.05, 3.63) is 64.3 Å². The third-order valence-electron chi connectivity index (χ3n) is 4.06. The number of nitrogens with one attached hydrogen (secondary N) is 2. The molecule has 1 amide bonds. The number of aromatic nitrogens is 2. The first kappa shape index (κ1) is 20.2. The largest absolute Gasteiger partial charge is 0.497 e. The lowest BCUT2D eigenvalue weighted by atomic mass is 10.1. The van der Waals surface area contributed by atoms with Gasteiger partial charge in [0.2, 0.25) is 5.91 Å². The number of ether oxygens (including phenoxy) is 1. The zero-order chi connectivity index (χ0) is 20.8. The molecule has 2 aromatic heterocycles. The van der Waals surface area contributed by atoms with Crippen LogP contribution in [0.5, 0.6) is 5.75 Å². The van der Waals surface area contributed by atoms with E-state index in [-0.39, 0.29) is 34.1 Å². The molecule has 3 aromatic rings. The van der Waals surface area contributed by atoms with Gasteiger partial charge in [-0.25, -0.2) is 4.98 Å². The number of nitrogens with zero attached hydrogens (tertiary/aromatic N) is 2. The van der Waals surface area contributed by atoms with E-state index in [4.69, 9.17) is 9.15 Å². The summed E-state index contributed by atoms with van der Waals surface area (Å²) in [5.41, 5.74) is 0.215. The van der Waals surface area contributed by atoms with Crippen molar-refractivity contribution in [2.75, 3.05) is 12.9 Å². The molecular weight excluding hydrogens is 392 g/mol. The SMILES string of the molecule is COc1ccc(-c2nc(SCC(=O)N[C@@H](C)c3ccco3)[nH]c(=O)c2C#N)cc1. The summed E-state index contributed by atoms with van der Waals surface area (Å²) in [6, 6.07) is 12.0. The Morgan fingerprint density at radius 3 is 2.76 bits per heavy atom. The van der Waals surface area contributed by atoms with E-state index in [2.05, 4.69) is 15.3 Å². The zero-order valence-electron chi connectivity index (χ0n) is 15.8. The van der Waals surface area contributed by atoms with Crippen molar-refractivity contribution in [2.24, 2.45) is 0 Å². The van der Waals surface area contributed by atoms with Gasteiger partial charge < -0.3 is 19.5 Å². The van der Waals surface area contributed by atoms with Crippen molar-refractivity contribution in [3.63, 3.8) is 0 Å². The van der Waals surface area contributed by atoms with E-state index in [0.717, 1.165) is 11.8 Å². The maximum atomic E-state index is 12.3. The predicted octanol–water partition coefficient (Wildman–Crippen LogP) is 2.88. The van der Waals surface area contributed by atoms with Crippen LogP contribution in [0.3, 0.4) is 0 Å². The van der Waals surface area contributed by atoms with Gasteiger partial charge in [-0.15, -0.1) is 0 Å². The van der Waals surface area contributed by atoms with Gasteiger partial charge in [-0.1, -0.05) is 11.8 Å². The van der Waals surface area contributed by atoms with E-state index in [1.165, 1.54) is 0 Å². The number of aromatic amines is 1. The van der Waals surface area contributed by atoms with E-state index >= 15 is 0 Å². The Morgan fingerprint density at radius 2 is 2.14 bits per heavy atom. The molecule has 0 bridgehead atoms. The number of carbonyl (C=O) groups excluding carboxylic acids is 1. The van der Waals surface area contributed by atoms with Gasteiger partial charge in [-0.05, 0) is 43.3 Å². The van der Waals surface area contributed by atoms with Crippen LogP contribution in [0.1, 0.15) is 24.3 Å². The van der Waals surface area contributed by atoms with Crippen LogP contribution in [0.4, 0.5) is 0 Å². The Labute approximate surface area is 170 Å². The lowest BCUT2D eigenvalue weighted by Gasteiger charge is -2.11. The molecular formula is C20H18N4O4S. The summed E-state index contributed by atoms with van der Waals surface area (Å²) in [6.45, 7) is 1.81. The van der Waals surface area contributed by atoms with Crippen molar-refractivity contribution in [1.29, 1.82) is 5.26 Å². The molecule has 0 spiro atoms. The minimum atomic E-state index is -0.555. The van der Waals surface area contributed by atoms with E-state index in [1.54, 1.807) is 49.8 Å². The molecule has 0 saturated carbocycles. The third-order valence-corrected chi connectivity index (χ3v) is 4.93. The maximum absolute atomic E-state index is 12.3. The number of hydrogen-bond donors (Lipinski definition) is 2. The first-order valence-corrected chi connectivity index (χ1v) is 9.64. The van der Waals surface area contributed by atoms with Gasteiger partial charge in [0.15, 0.2) is 5.16 Å². The number of rotatable bonds is 7. The standard InChI is InChI=1S/C20H18N4O4S/c1-12(16-4-3-9-28-16)22-17(25)11-29-20-23-18(15(10-21)19(26)24-20)13-5-7-14(27-2)8-6-13/h3-9,12H,11H2,1-2H3,(H,22,25)(H,23,24,26)/t12-/m0/s1. The second kappa shape index (κ2) is 9.12. The van der Waals surface area contributed by atoms with Gasteiger partial charge in [-0.2, -0.15) is 5.26 Å². The summed E-state index contributed by atoms with van der Waals surface area (Å²) in [5, 5.41) is 12.4. The maximum Gasteiger partial charge on any atom is 0.270 e. The summed E-state index contributed by atoms with van der Waals surface area (Å²) in [6.07, 6.45) is 1.54. The van der Waals surface area contributed by atoms with Gasteiger partial charge in [0, 0.05) is 5.56 Å². The van der Waals surface area contributed by atoms with Gasteiger partial charge >= 0.3 is 0 Å². The Bertz CT molecular complexity index is 1090. The first-order valence-electron chi connectivity index (χ1n) is 8.66. The fraction of sp³-hybridized carbons (Fsp3) is 0.200. The van der Waals surface area contributed by atoms with Crippen molar-refractivity contribution in [3.8, 4) is 23.1 Å². The Kier molecular flexibility index (Phi) is 6.36. The van der Waals surface area contributed by atoms with Crippen molar-refractivity contribution >= 4 is 17.7 Å². The van der Waals surface area contributed by atoms with Gasteiger partial charge in [0.05, 0.1) is 30.9 Å². The second-order valence-electron chi connectivity index (χ2n) is 6.03. The van der Waals surface area contributed by atoms with Crippen LogP contribution in [0.2, 0.25) is 0 Å². The molecule has 8 nitrogen and oxygen atoms in total. The number of carbonyl (C=O) groups is 1. The summed E-state index contributed by atoms with van der Waals surface area (Å²) >= 11 is 1.07. The Hall–Kier alpha value is -3.51. The smallest absolute Gasteiger partial charge is 0.270 e. The summed E-state index contributed by atoms with van der Waals surface area (Å²) < 4.78 is 10.4. The van der Waals surface area contributed by atoms with Crippen LogP contribution >= 0.6 is 11.8 Å². The average molecular weight is 410 g/mol. The highest BCUT2D eigenvalue weighted by Crippen LogP contribution is 2.24. The normalized spacial score (nSPS) is 11.5. The molecule has 0 aliphatic carbocycles. The molecule has 3 rings (SSSR count). The van der Waals surface area contributed by atoms with Crippen molar-refractivity contribution in [1.82, 2.24) is 15.3 Å². The number of benzene rings is 1. The summed E-state index contributed by atoms with van der Waals surface area (Å²) in [7, 11) is 1.55. The Morgan fingerprint density at radius 1 is 1.38 bits per heavy atom. The fourth-order valence-electron chi connectivity index (χ4n) is 2.61. The molecule has 29 heavy (non-hydrogen) atoms. The molecule has 0 unspecified atom stereocenters. The summed E-state index contributed by atoms with van der Waals surface area (Å²) in [5.74, 6) is 1.10. The quantitative estimate of drug-likeness (QED) is 0.454. The lowest BCUT2D eigenvalue weighted by Crippen LogP contribution is -2.28. The molecule has 0 aliphatic heterocycles. The number of furan rings is 1. The molecule has 148 valence electrons. The molecule has 0 fully saturated rings. The lowest BCUT2D eigenvalue weighted by molar-refractivity contribution is -0.119. The molecule has 0 aliphatic rings. The number of amides is 1. The molecule has 0 saturated heterocycles. The second-order valence-corrected chi connectivity index (χ2v) is 6.99. The Balaban J connectivity index is 1.76. The van der Waals surface area contributed by atoms with E-state index < -0.39 is 5.56 Å². The highest BCUT2D eigenvalue weighted by molar-refractivity contribution is 7.99. The number of nitriles is 1. The van der Waals surface area contributed by atoms with Crippen LogP contribution < -0.4 is 15.6 Å². The van der Waals surface area contributed by atoms with Crippen molar-refractivity contribution < 1.29 is 13.9 Å². The van der Waals surface area contributed by atoms with E-state index in [0.29, 0.717) is 17.1 Å². The van der Waals surface area contributed by atoms with Crippen LogP contribution in [-0.2, 0) is 4.79 Å². The third kappa shape index (κ3) is 4.86. The molecule has 1 aromatic carbocycles. The predicted molar refractivity (Wildman–Crippen MR) is 108 cm³/mol. The molecule has 2 heterocycles. The number of H-pyrrole nitrogens is 1. The number of methoxy groups -OCH3 is 1. The zero-order valence-corrected chi connectivity index (χ0v) is 16.6. The van der Waals surface area contributed by atoms with E-state index in [9.17, 15) is 14.9 Å². The molecule has 1 atom stereocenters. The monoisotopic (exact) mass is 410 g/mol. The molecule has 0 radical (unpaired) electrons. The highest BCUT2D eigenvalue weighted by atomic mass is 32.2. The van der Waals surface area contributed by atoms with Gasteiger partial charge in [-0.3, -0.25) is 9.59 Å². The minimum absolute atomic E-state index is 0.0436. The molecule has 2 N–H and O–H groups in total. The average Bonchev–Trinajstić information content (AvgIpc) is 3.27. The highest BCUT2D eigenvalue weighted by Gasteiger charge is 2.16. The van der Waals surface area contributed by atoms with Gasteiger partial charge in [0.1, 0.15) is 23.1 Å². The first-order chi connectivity index (χ1) is 14.0.